The topological polar surface area (TPSA) is 139 Å². The van der Waals surface area contributed by atoms with E-state index < -0.39 is 33.5 Å². The van der Waals surface area contributed by atoms with E-state index in [4.69, 9.17) is 5.11 Å². The van der Waals surface area contributed by atoms with Crippen molar-refractivity contribution >= 4 is 17.4 Å². The molecule has 0 unspecified atom stereocenters. The molecule has 0 radical (unpaired) electrons. The predicted octanol–water partition coefficient (Wildman–Crippen LogP) is 1.28. The molecule has 2 rings (SSSR count). The highest BCUT2D eigenvalue weighted by Gasteiger charge is 2.30. The number of nitro benzene ring substituents is 1. The number of aromatic carboxylic acids is 1. The maximum Gasteiger partial charge on any atom is 0.336 e. The van der Waals surface area contributed by atoms with Crippen molar-refractivity contribution in [2.45, 2.75) is 6.92 Å². The van der Waals surface area contributed by atoms with E-state index in [9.17, 15) is 19.7 Å². The van der Waals surface area contributed by atoms with Crippen LogP contribution in [0.2, 0.25) is 0 Å². The molecule has 0 amide bonds. The maximum absolute atomic E-state index is 11.6. The number of nitrogens with one attached hydrogen (secondary N) is 1. The van der Waals surface area contributed by atoms with Gasteiger partial charge in [0.05, 0.1) is 22.2 Å². The molecule has 0 aliphatic rings. The first-order valence-corrected chi connectivity index (χ1v) is 5.35. The van der Waals surface area contributed by atoms with E-state index in [1.54, 1.807) is 0 Å². The lowest BCUT2D eigenvalue weighted by molar-refractivity contribution is -0.384. The number of rotatable bonds is 4. The second-order valence-electron chi connectivity index (χ2n) is 3.86. The number of hydrogen-bond acceptors (Lipinski definition) is 6. The van der Waals surface area contributed by atoms with Crippen LogP contribution in [0.15, 0.2) is 18.3 Å². The van der Waals surface area contributed by atoms with E-state index >= 15 is 0 Å². The summed E-state index contributed by atoms with van der Waals surface area (Å²) < 4.78 is 0. The van der Waals surface area contributed by atoms with Crippen LogP contribution in [-0.4, -0.2) is 37.2 Å². The van der Waals surface area contributed by atoms with Crippen molar-refractivity contribution in [3.63, 3.8) is 0 Å². The van der Waals surface area contributed by atoms with Gasteiger partial charge in [0, 0.05) is 0 Å². The van der Waals surface area contributed by atoms with Crippen LogP contribution in [0.1, 0.15) is 27.6 Å². The monoisotopic (exact) mass is 276 g/mol. The number of hydrogen-bond donors (Lipinski definition) is 2. The minimum absolute atomic E-state index is 0.0268. The van der Waals surface area contributed by atoms with Gasteiger partial charge in [0.2, 0.25) is 0 Å². The Hall–Kier alpha value is -3.10. The zero-order valence-corrected chi connectivity index (χ0v) is 10.2. The van der Waals surface area contributed by atoms with E-state index in [-0.39, 0.29) is 11.3 Å². The number of Topliss-reactive ketones (excluding diaryl/α,β-unsaturated/α-hetero) is 1. The number of ketones is 1. The Morgan fingerprint density at radius 2 is 2.10 bits per heavy atom. The molecule has 9 nitrogen and oxygen atoms in total. The van der Waals surface area contributed by atoms with Crippen molar-refractivity contribution < 1.29 is 19.6 Å². The van der Waals surface area contributed by atoms with Crippen molar-refractivity contribution in [2.75, 3.05) is 0 Å². The number of nitro groups is 1. The number of carbonyl (C=O) groups excluding carboxylic acids is 1. The molecule has 0 bridgehead atoms. The molecule has 2 aromatic rings. The summed E-state index contributed by atoms with van der Waals surface area (Å²) in [4.78, 5) is 33.1. The number of nitrogens with zero attached hydrogens (tertiary/aromatic N) is 3. The van der Waals surface area contributed by atoms with Crippen molar-refractivity contribution in [3.05, 3.63) is 39.6 Å². The van der Waals surface area contributed by atoms with E-state index in [1.807, 2.05) is 0 Å². The Kier molecular flexibility index (Phi) is 3.25. The lowest BCUT2D eigenvalue weighted by Crippen LogP contribution is -2.10. The molecule has 0 fully saturated rings. The predicted molar refractivity (Wildman–Crippen MR) is 65.4 cm³/mol. The zero-order chi connectivity index (χ0) is 14.9. The number of aromatic amines is 1. The largest absolute Gasteiger partial charge is 0.478 e. The van der Waals surface area contributed by atoms with Gasteiger partial charge in [0.25, 0.3) is 5.69 Å². The lowest BCUT2D eigenvalue weighted by atomic mass is 9.97. The summed E-state index contributed by atoms with van der Waals surface area (Å²) in [6.45, 7) is 1.07. The maximum atomic E-state index is 11.6. The Bertz CT molecular complexity index is 708. The summed E-state index contributed by atoms with van der Waals surface area (Å²) in [5, 5.41) is 29.8. The highest BCUT2D eigenvalue weighted by Crippen LogP contribution is 2.34. The molecule has 0 atom stereocenters. The smallest absolute Gasteiger partial charge is 0.336 e. The molecule has 1 heterocycles. The third kappa shape index (κ3) is 2.11. The Morgan fingerprint density at radius 1 is 1.40 bits per heavy atom. The summed E-state index contributed by atoms with van der Waals surface area (Å²) in [7, 11) is 0. The quantitative estimate of drug-likeness (QED) is 0.487. The normalized spacial score (nSPS) is 10.2. The van der Waals surface area contributed by atoms with Gasteiger partial charge in [-0.25, -0.2) is 4.79 Å². The first kappa shape index (κ1) is 13.3. The number of carboxylic acids is 1. The van der Waals surface area contributed by atoms with Crippen LogP contribution in [0, 0.1) is 10.1 Å². The first-order chi connectivity index (χ1) is 9.43. The summed E-state index contributed by atoms with van der Waals surface area (Å²) >= 11 is 0. The van der Waals surface area contributed by atoms with Gasteiger partial charge in [0.15, 0.2) is 5.78 Å². The summed E-state index contributed by atoms with van der Waals surface area (Å²) in [5.74, 6) is -2.12. The molecule has 2 N–H and O–H groups in total. The molecule has 0 aliphatic carbocycles. The lowest BCUT2D eigenvalue weighted by Gasteiger charge is -2.07. The molecule has 0 saturated carbocycles. The second-order valence-corrected chi connectivity index (χ2v) is 3.86. The molecular weight excluding hydrogens is 268 g/mol. The summed E-state index contributed by atoms with van der Waals surface area (Å²) in [6.07, 6.45) is 1.24. The molecule has 0 aliphatic heterocycles. The van der Waals surface area contributed by atoms with Crippen LogP contribution >= 0.6 is 0 Å². The van der Waals surface area contributed by atoms with Gasteiger partial charge in [-0.05, 0) is 19.1 Å². The number of benzene rings is 1. The molecule has 0 saturated heterocycles. The van der Waals surface area contributed by atoms with Crippen LogP contribution in [-0.2, 0) is 0 Å². The number of aromatic nitrogens is 3. The number of carbonyl (C=O) groups is 2. The van der Waals surface area contributed by atoms with Gasteiger partial charge in [-0.2, -0.15) is 15.4 Å². The Labute approximate surface area is 111 Å². The molecule has 20 heavy (non-hydrogen) atoms. The van der Waals surface area contributed by atoms with Crippen molar-refractivity contribution in [1.29, 1.82) is 0 Å². The fourth-order valence-corrected chi connectivity index (χ4v) is 1.85. The van der Waals surface area contributed by atoms with E-state index in [1.165, 1.54) is 12.3 Å². The van der Waals surface area contributed by atoms with Crippen LogP contribution in [0.4, 0.5) is 5.69 Å². The van der Waals surface area contributed by atoms with Gasteiger partial charge >= 0.3 is 5.97 Å². The van der Waals surface area contributed by atoms with Gasteiger partial charge in [-0.1, -0.05) is 0 Å². The number of H-pyrrole nitrogens is 1. The van der Waals surface area contributed by atoms with Crippen LogP contribution in [0.5, 0.6) is 0 Å². The first-order valence-electron chi connectivity index (χ1n) is 5.35. The third-order valence-electron chi connectivity index (χ3n) is 2.63. The highest BCUT2D eigenvalue weighted by atomic mass is 16.6. The minimum atomic E-state index is -1.41. The van der Waals surface area contributed by atoms with Gasteiger partial charge < -0.3 is 5.11 Å². The van der Waals surface area contributed by atoms with Crippen LogP contribution in [0.3, 0.4) is 0 Å². The van der Waals surface area contributed by atoms with Crippen LogP contribution < -0.4 is 0 Å². The van der Waals surface area contributed by atoms with Gasteiger partial charge in [-0.15, -0.1) is 0 Å². The molecule has 1 aromatic heterocycles. The van der Waals surface area contributed by atoms with Crippen molar-refractivity contribution in [1.82, 2.24) is 15.4 Å². The Balaban J connectivity index is 2.86. The standard InChI is InChI=1S/C11H8N4O5/c1-5(16)9-7(11(17)18)3-2-6(10(9)15(19)20)8-4-12-14-13-8/h2-4H,1H3,(H,17,18)(H,12,13,14). The molecular formula is C11H8N4O5. The average molecular weight is 276 g/mol. The minimum Gasteiger partial charge on any atom is -0.478 e. The zero-order valence-electron chi connectivity index (χ0n) is 10.2. The second kappa shape index (κ2) is 4.88. The van der Waals surface area contributed by atoms with Crippen molar-refractivity contribution in [3.8, 4) is 11.3 Å². The SMILES string of the molecule is CC(=O)c1c(C(=O)O)ccc(-c2cn[nH]n2)c1[N+](=O)[O-]. The summed E-state index contributed by atoms with van der Waals surface area (Å²) in [5.41, 5.74) is -1.29. The van der Waals surface area contributed by atoms with Crippen LogP contribution in [0.25, 0.3) is 11.3 Å². The molecule has 0 spiro atoms. The van der Waals surface area contributed by atoms with E-state index in [0.29, 0.717) is 0 Å². The fourth-order valence-electron chi connectivity index (χ4n) is 1.85. The molecule has 9 heteroatoms. The Morgan fingerprint density at radius 3 is 2.55 bits per heavy atom. The van der Waals surface area contributed by atoms with E-state index in [0.717, 1.165) is 13.0 Å². The summed E-state index contributed by atoms with van der Waals surface area (Å²) in [6, 6.07) is 2.36. The van der Waals surface area contributed by atoms with Gasteiger partial charge in [-0.3, -0.25) is 14.9 Å². The van der Waals surface area contributed by atoms with Gasteiger partial charge in [0.1, 0.15) is 11.3 Å². The van der Waals surface area contributed by atoms with E-state index in [2.05, 4.69) is 15.4 Å². The highest BCUT2D eigenvalue weighted by molar-refractivity contribution is 6.09. The number of carboxylic acid groups (broad SMARTS) is 1. The molecule has 102 valence electrons. The molecule has 1 aromatic carbocycles. The average Bonchev–Trinajstić information content (AvgIpc) is 2.90. The fraction of sp³-hybridized carbons (Fsp3) is 0.0909. The van der Waals surface area contributed by atoms with Crippen molar-refractivity contribution in [2.24, 2.45) is 0 Å². The third-order valence-corrected chi connectivity index (χ3v) is 2.63.